The maximum absolute atomic E-state index is 3.56. The van der Waals surface area contributed by atoms with Gasteiger partial charge in [-0.1, -0.05) is 46.0 Å². The van der Waals surface area contributed by atoms with Crippen LogP contribution in [-0.2, 0) is 0 Å². The standard InChI is InChI=1S/C15H20BrN/c1-12(13-8-5-6-9-14(13)16)17-11-7-10-15(2,3)4/h5-6,8-9,12,17H,11H2,1-4H3/t12-/m0/s1. The van der Waals surface area contributed by atoms with E-state index in [1.807, 2.05) is 6.07 Å². The Balaban J connectivity index is 2.53. The summed E-state index contributed by atoms with van der Waals surface area (Å²) in [6.45, 7) is 9.24. The monoisotopic (exact) mass is 293 g/mol. The van der Waals surface area contributed by atoms with Crippen molar-refractivity contribution in [3.05, 3.63) is 34.3 Å². The molecule has 0 aliphatic heterocycles. The van der Waals surface area contributed by atoms with E-state index in [0.717, 1.165) is 11.0 Å². The highest BCUT2D eigenvalue weighted by Crippen LogP contribution is 2.22. The molecular weight excluding hydrogens is 274 g/mol. The van der Waals surface area contributed by atoms with Gasteiger partial charge < -0.3 is 0 Å². The van der Waals surface area contributed by atoms with Crippen molar-refractivity contribution >= 4 is 15.9 Å². The van der Waals surface area contributed by atoms with E-state index in [0.29, 0.717) is 6.04 Å². The Hall–Kier alpha value is -0.780. The summed E-state index contributed by atoms with van der Waals surface area (Å²) in [6.07, 6.45) is 0. The van der Waals surface area contributed by atoms with Gasteiger partial charge in [-0.15, -0.1) is 0 Å². The lowest BCUT2D eigenvalue weighted by atomic mass is 9.98. The molecule has 0 radical (unpaired) electrons. The van der Waals surface area contributed by atoms with Crippen LogP contribution in [0, 0.1) is 17.3 Å². The van der Waals surface area contributed by atoms with Crippen molar-refractivity contribution in [1.82, 2.24) is 5.32 Å². The van der Waals surface area contributed by atoms with Gasteiger partial charge in [0.05, 0.1) is 6.54 Å². The molecule has 1 aromatic carbocycles. The SMILES string of the molecule is C[C@H](NCC#CC(C)(C)C)c1ccccc1Br. The Labute approximate surface area is 113 Å². The molecule has 1 aromatic rings. The number of nitrogens with one attached hydrogen (secondary N) is 1. The highest BCUT2D eigenvalue weighted by molar-refractivity contribution is 9.10. The van der Waals surface area contributed by atoms with Crippen molar-refractivity contribution in [3.8, 4) is 11.8 Å². The van der Waals surface area contributed by atoms with Gasteiger partial charge >= 0.3 is 0 Å². The van der Waals surface area contributed by atoms with E-state index in [-0.39, 0.29) is 5.41 Å². The first kappa shape index (κ1) is 14.3. The second kappa shape index (κ2) is 6.23. The predicted molar refractivity (Wildman–Crippen MR) is 77.8 cm³/mol. The van der Waals surface area contributed by atoms with Gasteiger partial charge in [0, 0.05) is 15.9 Å². The van der Waals surface area contributed by atoms with Crippen LogP contribution < -0.4 is 5.32 Å². The molecule has 0 heterocycles. The molecule has 0 unspecified atom stereocenters. The van der Waals surface area contributed by atoms with Crippen LogP contribution in [-0.4, -0.2) is 6.54 Å². The van der Waals surface area contributed by atoms with Crippen molar-refractivity contribution in [1.29, 1.82) is 0 Å². The molecule has 0 aliphatic carbocycles. The van der Waals surface area contributed by atoms with Crippen LogP contribution in [0.1, 0.15) is 39.3 Å². The van der Waals surface area contributed by atoms with E-state index in [2.05, 4.69) is 79.0 Å². The maximum atomic E-state index is 3.56. The van der Waals surface area contributed by atoms with Crippen molar-refractivity contribution < 1.29 is 0 Å². The molecular formula is C15H20BrN. The topological polar surface area (TPSA) is 12.0 Å². The van der Waals surface area contributed by atoms with Crippen molar-refractivity contribution in [3.63, 3.8) is 0 Å². The molecule has 0 spiro atoms. The molecule has 0 bridgehead atoms. The van der Waals surface area contributed by atoms with E-state index in [9.17, 15) is 0 Å². The number of hydrogen-bond acceptors (Lipinski definition) is 1. The largest absolute Gasteiger partial charge is 0.300 e. The number of benzene rings is 1. The fraction of sp³-hybridized carbons (Fsp3) is 0.467. The summed E-state index contributed by atoms with van der Waals surface area (Å²) in [5, 5.41) is 3.41. The van der Waals surface area contributed by atoms with Crippen molar-refractivity contribution in [2.75, 3.05) is 6.54 Å². The third-order valence-electron chi connectivity index (χ3n) is 2.33. The van der Waals surface area contributed by atoms with Gasteiger partial charge in [0.15, 0.2) is 0 Å². The average molecular weight is 294 g/mol. The minimum Gasteiger partial charge on any atom is -0.300 e. The molecule has 0 aliphatic rings. The molecule has 0 saturated carbocycles. The lowest BCUT2D eigenvalue weighted by Crippen LogP contribution is -2.19. The molecule has 17 heavy (non-hydrogen) atoms. The fourth-order valence-electron chi connectivity index (χ4n) is 1.45. The smallest absolute Gasteiger partial charge is 0.0581 e. The van der Waals surface area contributed by atoms with Crippen LogP contribution in [0.5, 0.6) is 0 Å². The van der Waals surface area contributed by atoms with E-state index in [4.69, 9.17) is 0 Å². The van der Waals surface area contributed by atoms with Crippen LogP contribution in [0.4, 0.5) is 0 Å². The van der Waals surface area contributed by atoms with Crippen molar-refractivity contribution in [2.24, 2.45) is 5.41 Å². The molecule has 0 fully saturated rings. The van der Waals surface area contributed by atoms with Crippen molar-refractivity contribution in [2.45, 2.75) is 33.7 Å². The molecule has 2 heteroatoms. The minimum atomic E-state index is 0.0816. The summed E-state index contributed by atoms with van der Waals surface area (Å²) in [7, 11) is 0. The van der Waals surface area contributed by atoms with Gasteiger partial charge in [-0.2, -0.15) is 0 Å². The summed E-state index contributed by atoms with van der Waals surface area (Å²) >= 11 is 3.56. The Kier molecular flexibility index (Phi) is 5.24. The third-order valence-corrected chi connectivity index (χ3v) is 3.05. The van der Waals surface area contributed by atoms with Crippen LogP contribution in [0.3, 0.4) is 0 Å². The summed E-state index contributed by atoms with van der Waals surface area (Å²) in [6, 6.07) is 8.58. The normalized spacial score (nSPS) is 12.8. The Bertz CT molecular complexity index is 421. The van der Waals surface area contributed by atoms with E-state index < -0.39 is 0 Å². The quantitative estimate of drug-likeness (QED) is 0.826. The fourth-order valence-corrected chi connectivity index (χ4v) is 2.08. The number of rotatable bonds is 3. The third kappa shape index (κ3) is 5.39. The van der Waals surface area contributed by atoms with Gasteiger partial charge in [0.1, 0.15) is 0 Å². The first-order valence-corrected chi connectivity index (χ1v) is 6.67. The highest BCUT2D eigenvalue weighted by Gasteiger charge is 2.07. The van der Waals surface area contributed by atoms with Crippen LogP contribution in [0.25, 0.3) is 0 Å². The maximum Gasteiger partial charge on any atom is 0.0581 e. The summed E-state index contributed by atoms with van der Waals surface area (Å²) < 4.78 is 1.14. The molecule has 1 nitrogen and oxygen atoms in total. The van der Waals surface area contributed by atoms with E-state index >= 15 is 0 Å². The number of halogens is 1. The zero-order valence-corrected chi connectivity index (χ0v) is 12.6. The minimum absolute atomic E-state index is 0.0816. The second-order valence-corrected chi connectivity index (χ2v) is 6.03. The average Bonchev–Trinajstić information content (AvgIpc) is 2.23. The molecule has 0 saturated heterocycles. The Morgan fingerprint density at radius 2 is 1.94 bits per heavy atom. The summed E-state index contributed by atoms with van der Waals surface area (Å²) in [5.74, 6) is 6.39. The van der Waals surface area contributed by atoms with Gasteiger partial charge in [0.25, 0.3) is 0 Å². The second-order valence-electron chi connectivity index (χ2n) is 5.18. The zero-order chi connectivity index (χ0) is 12.9. The first-order chi connectivity index (χ1) is 7.90. The lowest BCUT2D eigenvalue weighted by Gasteiger charge is -2.14. The lowest BCUT2D eigenvalue weighted by molar-refractivity contribution is 0.568. The molecule has 0 aromatic heterocycles. The molecule has 1 atom stereocenters. The molecule has 1 N–H and O–H groups in total. The van der Waals surface area contributed by atoms with E-state index in [1.165, 1.54) is 5.56 Å². The van der Waals surface area contributed by atoms with Gasteiger partial charge in [-0.05, 0) is 39.3 Å². The van der Waals surface area contributed by atoms with Gasteiger partial charge in [-0.3, -0.25) is 5.32 Å². The highest BCUT2D eigenvalue weighted by atomic mass is 79.9. The number of hydrogen-bond donors (Lipinski definition) is 1. The Morgan fingerprint density at radius 1 is 1.29 bits per heavy atom. The molecule has 1 rings (SSSR count). The first-order valence-electron chi connectivity index (χ1n) is 5.88. The van der Waals surface area contributed by atoms with E-state index in [1.54, 1.807) is 0 Å². The molecule has 92 valence electrons. The summed E-state index contributed by atoms with van der Waals surface area (Å²) in [5.41, 5.74) is 1.35. The Morgan fingerprint density at radius 3 is 2.53 bits per heavy atom. The zero-order valence-electron chi connectivity index (χ0n) is 11.0. The van der Waals surface area contributed by atoms with Crippen LogP contribution in [0.2, 0.25) is 0 Å². The molecule has 0 amide bonds. The van der Waals surface area contributed by atoms with Gasteiger partial charge in [-0.25, -0.2) is 0 Å². The summed E-state index contributed by atoms with van der Waals surface area (Å²) in [4.78, 5) is 0. The predicted octanol–water partition coefficient (Wildman–Crippen LogP) is 4.15. The van der Waals surface area contributed by atoms with Crippen LogP contribution >= 0.6 is 15.9 Å². The van der Waals surface area contributed by atoms with Gasteiger partial charge in [0.2, 0.25) is 0 Å². The van der Waals surface area contributed by atoms with Crippen LogP contribution in [0.15, 0.2) is 28.7 Å².